The molecule has 2 saturated heterocycles. The summed E-state index contributed by atoms with van der Waals surface area (Å²) in [5.74, 6) is 0.309. The first-order valence-corrected chi connectivity index (χ1v) is 7.06. The van der Waals surface area contributed by atoms with E-state index in [9.17, 15) is 4.79 Å². The average molecular weight is 239 g/mol. The van der Waals surface area contributed by atoms with Crippen LogP contribution in [0.3, 0.4) is 0 Å². The first-order chi connectivity index (χ1) is 8.31. The first-order valence-electron chi connectivity index (χ1n) is 7.06. The van der Waals surface area contributed by atoms with Gasteiger partial charge in [-0.2, -0.15) is 0 Å². The van der Waals surface area contributed by atoms with E-state index >= 15 is 0 Å². The second-order valence-corrected chi connectivity index (χ2v) is 5.21. The lowest BCUT2D eigenvalue weighted by atomic mass is 10.1. The van der Waals surface area contributed by atoms with E-state index < -0.39 is 0 Å². The van der Waals surface area contributed by atoms with E-state index in [1.807, 2.05) is 4.90 Å². The predicted molar refractivity (Wildman–Crippen MR) is 68.7 cm³/mol. The largest absolute Gasteiger partial charge is 0.327 e. The van der Waals surface area contributed by atoms with Gasteiger partial charge in [-0.1, -0.05) is 19.8 Å². The van der Waals surface area contributed by atoms with Crippen LogP contribution in [0.15, 0.2) is 0 Å². The number of likely N-dealkylation sites (tertiary alicyclic amines) is 1. The minimum Gasteiger partial charge on any atom is -0.327 e. The van der Waals surface area contributed by atoms with E-state index in [0.717, 1.165) is 32.6 Å². The molecule has 1 N–H and O–H groups in total. The van der Waals surface area contributed by atoms with Crippen LogP contribution < -0.4 is 5.32 Å². The molecule has 17 heavy (non-hydrogen) atoms. The molecule has 2 heterocycles. The highest BCUT2D eigenvalue weighted by Crippen LogP contribution is 2.11. The fourth-order valence-corrected chi connectivity index (χ4v) is 2.75. The molecule has 0 aromatic carbocycles. The summed E-state index contributed by atoms with van der Waals surface area (Å²) < 4.78 is 0. The molecule has 0 spiro atoms. The van der Waals surface area contributed by atoms with Crippen molar-refractivity contribution < 1.29 is 4.79 Å². The van der Waals surface area contributed by atoms with Crippen molar-refractivity contribution in [3.05, 3.63) is 0 Å². The Labute approximate surface area is 104 Å². The Balaban J connectivity index is 1.70. The number of carbonyl (C=O) groups is 1. The van der Waals surface area contributed by atoms with Crippen LogP contribution in [0.4, 0.5) is 0 Å². The zero-order valence-electron chi connectivity index (χ0n) is 11.0. The number of nitrogens with one attached hydrogen (secondary N) is 1. The molecule has 0 aromatic heterocycles. The SMILES string of the molecule is CCCC1NCN(CCN2CCCCC2)C1=O. The van der Waals surface area contributed by atoms with Crippen molar-refractivity contribution in [3.8, 4) is 0 Å². The Bertz CT molecular complexity index is 251. The summed E-state index contributed by atoms with van der Waals surface area (Å²) in [6, 6.07) is 0.0846. The number of carbonyl (C=O) groups excluding carboxylic acids is 1. The molecule has 0 radical (unpaired) electrons. The maximum atomic E-state index is 12.0. The van der Waals surface area contributed by atoms with Crippen LogP contribution in [0.1, 0.15) is 39.0 Å². The summed E-state index contributed by atoms with van der Waals surface area (Å²) in [5, 5.41) is 3.30. The van der Waals surface area contributed by atoms with Gasteiger partial charge in [-0.05, 0) is 32.4 Å². The molecule has 4 nitrogen and oxygen atoms in total. The molecule has 98 valence electrons. The monoisotopic (exact) mass is 239 g/mol. The van der Waals surface area contributed by atoms with Crippen LogP contribution in [0.5, 0.6) is 0 Å². The summed E-state index contributed by atoms with van der Waals surface area (Å²) >= 11 is 0. The number of nitrogens with zero attached hydrogens (tertiary/aromatic N) is 2. The standard InChI is InChI=1S/C13H25N3O/c1-2-6-12-13(17)16(11-14-12)10-9-15-7-4-3-5-8-15/h12,14H,2-11H2,1H3. The summed E-state index contributed by atoms with van der Waals surface area (Å²) in [4.78, 5) is 16.5. The van der Waals surface area contributed by atoms with Gasteiger partial charge in [0, 0.05) is 13.1 Å². The maximum Gasteiger partial charge on any atom is 0.240 e. The summed E-state index contributed by atoms with van der Waals surface area (Å²) in [6.07, 6.45) is 6.07. The summed E-state index contributed by atoms with van der Waals surface area (Å²) in [5.41, 5.74) is 0. The molecular formula is C13H25N3O. The third kappa shape index (κ3) is 3.42. The average Bonchev–Trinajstić information content (AvgIpc) is 2.70. The van der Waals surface area contributed by atoms with E-state index in [-0.39, 0.29) is 6.04 Å². The lowest BCUT2D eigenvalue weighted by Gasteiger charge is -2.28. The normalized spacial score (nSPS) is 26.8. The highest BCUT2D eigenvalue weighted by Gasteiger charge is 2.29. The van der Waals surface area contributed by atoms with Gasteiger partial charge in [-0.3, -0.25) is 10.1 Å². The van der Waals surface area contributed by atoms with E-state index in [4.69, 9.17) is 0 Å². The molecule has 2 aliphatic heterocycles. The Hall–Kier alpha value is -0.610. The quantitative estimate of drug-likeness (QED) is 0.778. The maximum absolute atomic E-state index is 12.0. The molecule has 0 saturated carbocycles. The number of hydrogen-bond donors (Lipinski definition) is 1. The number of piperidine rings is 1. The molecule has 1 amide bonds. The van der Waals surface area contributed by atoms with Gasteiger partial charge in [0.2, 0.25) is 5.91 Å². The van der Waals surface area contributed by atoms with Crippen molar-refractivity contribution in [2.45, 2.75) is 45.1 Å². The fourth-order valence-electron chi connectivity index (χ4n) is 2.75. The van der Waals surface area contributed by atoms with Crippen molar-refractivity contribution in [3.63, 3.8) is 0 Å². The van der Waals surface area contributed by atoms with Crippen molar-refractivity contribution in [1.82, 2.24) is 15.1 Å². The van der Waals surface area contributed by atoms with E-state index in [1.54, 1.807) is 0 Å². The highest BCUT2D eigenvalue weighted by atomic mass is 16.2. The Morgan fingerprint density at radius 3 is 2.71 bits per heavy atom. The second kappa shape index (κ2) is 6.36. The number of amides is 1. The molecule has 0 bridgehead atoms. The van der Waals surface area contributed by atoms with Crippen LogP contribution in [0, 0.1) is 0 Å². The summed E-state index contributed by atoms with van der Waals surface area (Å²) in [6.45, 7) is 7.25. The minimum absolute atomic E-state index is 0.0846. The zero-order valence-corrected chi connectivity index (χ0v) is 11.0. The molecule has 2 rings (SSSR count). The van der Waals surface area contributed by atoms with Gasteiger partial charge in [-0.25, -0.2) is 0 Å². The van der Waals surface area contributed by atoms with Crippen molar-refractivity contribution in [2.24, 2.45) is 0 Å². The molecule has 0 aromatic rings. The van der Waals surface area contributed by atoms with Crippen LogP contribution >= 0.6 is 0 Å². The fraction of sp³-hybridized carbons (Fsp3) is 0.923. The van der Waals surface area contributed by atoms with Crippen molar-refractivity contribution >= 4 is 5.91 Å². The Morgan fingerprint density at radius 2 is 2.00 bits per heavy atom. The van der Waals surface area contributed by atoms with Crippen LogP contribution in [0.25, 0.3) is 0 Å². The minimum atomic E-state index is 0.0846. The van der Waals surface area contributed by atoms with Gasteiger partial charge in [-0.15, -0.1) is 0 Å². The van der Waals surface area contributed by atoms with Gasteiger partial charge in [0.15, 0.2) is 0 Å². The van der Waals surface area contributed by atoms with Crippen molar-refractivity contribution in [1.29, 1.82) is 0 Å². The van der Waals surface area contributed by atoms with Crippen molar-refractivity contribution in [2.75, 3.05) is 32.8 Å². The lowest BCUT2D eigenvalue weighted by Crippen LogP contribution is -2.39. The van der Waals surface area contributed by atoms with E-state index in [0.29, 0.717) is 5.91 Å². The van der Waals surface area contributed by atoms with Gasteiger partial charge in [0.1, 0.15) is 0 Å². The predicted octanol–water partition coefficient (Wildman–Crippen LogP) is 1.03. The van der Waals surface area contributed by atoms with Gasteiger partial charge < -0.3 is 9.80 Å². The third-order valence-corrected chi connectivity index (χ3v) is 3.85. The molecule has 1 atom stereocenters. The van der Waals surface area contributed by atoms with Crippen LogP contribution in [0.2, 0.25) is 0 Å². The number of hydrogen-bond acceptors (Lipinski definition) is 3. The molecule has 2 aliphatic rings. The van der Waals surface area contributed by atoms with Crippen LogP contribution in [-0.4, -0.2) is 54.6 Å². The zero-order chi connectivity index (χ0) is 12.1. The highest BCUT2D eigenvalue weighted by molar-refractivity contribution is 5.83. The third-order valence-electron chi connectivity index (χ3n) is 3.85. The summed E-state index contributed by atoms with van der Waals surface area (Å²) in [7, 11) is 0. The Kier molecular flexibility index (Phi) is 4.80. The van der Waals surface area contributed by atoms with E-state index in [1.165, 1.54) is 32.4 Å². The molecular weight excluding hydrogens is 214 g/mol. The van der Waals surface area contributed by atoms with E-state index in [2.05, 4.69) is 17.1 Å². The first kappa shape index (κ1) is 12.8. The molecule has 4 heteroatoms. The van der Waals surface area contributed by atoms with Gasteiger partial charge in [0.25, 0.3) is 0 Å². The van der Waals surface area contributed by atoms with Gasteiger partial charge in [0.05, 0.1) is 12.7 Å². The molecule has 1 unspecified atom stereocenters. The smallest absolute Gasteiger partial charge is 0.240 e. The molecule has 2 fully saturated rings. The lowest BCUT2D eigenvalue weighted by molar-refractivity contribution is -0.129. The number of rotatable bonds is 5. The Morgan fingerprint density at radius 1 is 1.24 bits per heavy atom. The topological polar surface area (TPSA) is 35.6 Å². The van der Waals surface area contributed by atoms with Gasteiger partial charge >= 0.3 is 0 Å². The second-order valence-electron chi connectivity index (χ2n) is 5.21. The molecule has 0 aliphatic carbocycles. The van der Waals surface area contributed by atoms with Crippen LogP contribution in [-0.2, 0) is 4.79 Å².